The van der Waals surface area contributed by atoms with Gasteiger partial charge < -0.3 is 4.90 Å². The molecule has 5 nitrogen and oxygen atoms in total. The van der Waals surface area contributed by atoms with E-state index in [-0.39, 0.29) is 17.7 Å². The predicted molar refractivity (Wildman–Crippen MR) is 83.1 cm³/mol. The number of nitrogens with zero attached hydrogens (tertiary/aromatic N) is 1. The number of likely N-dealkylation sites (tertiary alicyclic amines) is 1. The minimum atomic E-state index is -3.44. The zero-order valence-corrected chi connectivity index (χ0v) is 13.6. The molecule has 0 bridgehead atoms. The standard InChI is InChI=1S/C15H28N2O3S/c16-21(19,20)12-10-14-7-3-4-11-17(14)15(18)9-8-13-5-1-2-6-13/h13-14H,1-12H2,(H2,16,19,20). The van der Waals surface area contributed by atoms with E-state index in [9.17, 15) is 13.2 Å². The first-order valence-electron chi connectivity index (χ1n) is 8.25. The molecule has 1 unspecified atom stereocenters. The van der Waals surface area contributed by atoms with Crippen molar-refractivity contribution in [2.45, 2.75) is 70.3 Å². The molecule has 6 heteroatoms. The van der Waals surface area contributed by atoms with Gasteiger partial charge in [0.25, 0.3) is 0 Å². The van der Waals surface area contributed by atoms with Crippen LogP contribution in [-0.2, 0) is 14.8 Å². The largest absolute Gasteiger partial charge is 0.340 e. The third-order valence-corrected chi connectivity index (χ3v) is 5.73. The highest BCUT2D eigenvalue weighted by molar-refractivity contribution is 7.89. The number of piperidine rings is 1. The predicted octanol–water partition coefficient (Wildman–Crippen LogP) is 2.02. The third-order valence-electron chi connectivity index (χ3n) is 4.92. The van der Waals surface area contributed by atoms with Gasteiger partial charge in [-0.25, -0.2) is 13.6 Å². The number of nitrogens with two attached hydrogens (primary N) is 1. The normalized spacial score (nSPS) is 24.4. The van der Waals surface area contributed by atoms with Gasteiger partial charge in [0.1, 0.15) is 0 Å². The van der Waals surface area contributed by atoms with Crippen LogP contribution in [0.4, 0.5) is 0 Å². The highest BCUT2D eigenvalue weighted by atomic mass is 32.2. The average molecular weight is 316 g/mol. The Morgan fingerprint density at radius 2 is 1.71 bits per heavy atom. The topological polar surface area (TPSA) is 80.5 Å². The number of rotatable bonds is 6. The number of primary sulfonamides is 1. The van der Waals surface area contributed by atoms with E-state index in [0.717, 1.165) is 38.1 Å². The molecule has 1 atom stereocenters. The van der Waals surface area contributed by atoms with Gasteiger partial charge >= 0.3 is 0 Å². The van der Waals surface area contributed by atoms with E-state index >= 15 is 0 Å². The van der Waals surface area contributed by atoms with Crippen molar-refractivity contribution in [3.05, 3.63) is 0 Å². The van der Waals surface area contributed by atoms with Gasteiger partial charge in [0.2, 0.25) is 15.9 Å². The second-order valence-electron chi connectivity index (χ2n) is 6.58. The Morgan fingerprint density at radius 3 is 2.38 bits per heavy atom. The second kappa shape index (κ2) is 7.58. The van der Waals surface area contributed by atoms with Crippen molar-refractivity contribution in [1.82, 2.24) is 4.90 Å². The lowest BCUT2D eigenvalue weighted by atomic mass is 9.97. The SMILES string of the molecule is NS(=O)(=O)CCC1CCCCN1C(=O)CCC1CCCC1. The maximum atomic E-state index is 12.4. The van der Waals surface area contributed by atoms with Crippen molar-refractivity contribution in [3.63, 3.8) is 0 Å². The summed E-state index contributed by atoms with van der Waals surface area (Å²) < 4.78 is 22.2. The summed E-state index contributed by atoms with van der Waals surface area (Å²) >= 11 is 0. The zero-order valence-electron chi connectivity index (χ0n) is 12.8. The van der Waals surface area contributed by atoms with Crippen LogP contribution in [0.25, 0.3) is 0 Å². The molecule has 1 saturated heterocycles. The van der Waals surface area contributed by atoms with E-state index < -0.39 is 10.0 Å². The fourth-order valence-corrected chi connectivity index (χ4v) is 4.30. The summed E-state index contributed by atoms with van der Waals surface area (Å²) in [5.74, 6) is 0.909. The Labute approximate surface area is 128 Å². The molecule has 1 aliphatic heterocycles. The van der Waals surface area contributed by atoms with Crippen molar-refractivity contribution in [3.8, 4) is 0 Å². The summed E-state index contributed by atoms with van der Waals surface area (Å²) in [7, 11) is -3.44. The maximum Gasteiger partial charge on any atom is 0.222 e. The highest BCUT2D eigenvalue weighted by Gasteiger charge is 2.28. The lowest BCUT2D eigenvalue weighted by Gasteiger charge is -2.36. The van der Waals surface area contributed by atoms with E-state index in [2.05, 4.69) is 0 Å². The number of hydrogen-bond donors (Lipinski definition) is 1. The van der Waals surface area contributed by atoms with Gasteiger partial charge in [0.05, 0.1) is 5.75 Å². The average Bonchev–Trinajstić information content (AvgIpc) is 2.95. The van der Waals surface area contributed by atoms with E-state index in [1.165, 1.54) is 25.7 Å². The molecule has 2 N–H and O–H groups in total. The van der Waals surface area contributed by atoms with Crippen LogP contribution in [0.3, 0.4) is 0 Å². The van der Waals surface area contributed by atoms with Crippen LogP contribution in [0.1, 0.15) is 64.2 Å². The van der Waals surface area contributed by atoms with Gasteiger partial charge in [-0.2, -0.15) is 0 Å². The van der Waals surface area contributed by atoms with Gasteiger partial charge in [-0.3, -0.25) is 4.79 Å². The first-order chi connectivity index (χ1) is 9.96. The molecule has 1 heterocycles. The van der Waals surface area contributed by atoms with Gasteiger partial charge in [-0.15, -0.1) is 0 Å². The molecule has 1 aliphatic carbocycles. The summed E-state index contributed by atoms with van der Waals surface area (Å²) in [6.07, 6.45) is 10.2. The van der Waals surface area contributed by atoms with Crippen LogP contribution >= 0.6 is 0 Å². The number of hydrogen-bond acceptors (Lipinski definition) is 3. The number of carbonyl (C=O) groups excluding carboxylic acids is 1. The van der Waals surface area contributed by atoms with Crippen molar-refractivity contribution in [1.29, 1.82) is 0 Å². The van der Waals surface area contributed by atoms with E-state index in [4.69, 9.17) is 5.14 Å². The van der Waals surface area contributed by atoms with Crippen LogP contribution in [0.15, 0.2) is 0 Å². The fourth-order valence-electron chi connectivity index (χ4n) is 3.70. The molecule has 2 aliphatic rings. The first kappa shape index (κ1) is 16.7. The maximum absolute atomic E-state index is 12.4. The molecule has 0 aromatic heterocycles. The fraction of sp³-hybridized carbons (Fsp3) is 0.933. The summed E-state index contributed by atoms with van der Waals surface area (Å²) in [5.41, 5.74) is 0. The molecule has 0 aromatic carbocycles. The summed E-state index contributed by atoms with van der Waals surface area (Å²) in [5, 5.41) is 5.08. The molecule has 1 amide bonds. The Hall–Kier alpha value is -0.620. The van der Waals surface area contributed by atoms with Gasteiger partial charge in [-0.05, 0) is 38.0 Å². The third kappa shape index (κ3) is 5.58. The van der Waals surface area contributed by atoms with Crippen LogP contribution in [-0.4, -0.2) is 37.6 Å². The van der Waals surface area contributed by atoms with Crippen molar-refractivity contribution < 1.29 is 13.2 Å². The van der Waals surface area contributed by atoms with E-state index in [0.29, 0.717) is 12.8 Å². The van der Waals surface area contributed by atoms with Crippen LogP contribution in [0, 0.1) is 5.92 Å². The Morgan fingerprint density at radius 1 is 1.05 bits per heavy atom. The molecule has 122 valence electrons. The smallest absolute Gasteiger partial charge is 0.222 e. The molecule has 0 spiro atoms. The Bertz CT molecular complexity index is 444. The summed E-state index contributed by atoms with van der Waals surface area (Å²) in [6.45, 7) is 0.777. The van der Waals surface area contributed by atoms with Crippen LogP contribution in [0.2, 0.25) is 0 Å². The lowest BCUT2D eigenvalue weighted by molar-refractivity contribution is -0.135. The summed E-state index contributed by atoms with van der Waals surface area (Å²) in [6, 6.07) is 0.0631. The quantitative estimate of drug-likeness (QED) is 0.814. The van der Waals surface area contributed by atoms with Gasteiger partial charge in [0.15, 0.2) is 0 Å². The van der Waals surface area contributed by atoms with E-state index in [1.807, 2.05) is 4.90 Å². The molecule has 21 heavy (non-hydrogen) atoms. The van der Waals surface area contributed by atoms with Crippen molar-refractivity contribution >= 4 is 15.9 Å². The number of amides is 1. The zero-order chi connectivity index (χ0) is 15.3. The molecule has 0 radical (unpaired) electrons. The molecule has 0 aromatic rings. The van der Waals surface area contributed by atoms with Crippen molar-refractivity contribution in [2.24, 2.45) is 11.1 Å². The molecule has 2 fully saturated rings. The highest BCUT2D eigenvalue weighted by Crippen LogP contribution is 2.29. The Kier molecular flexibility index (Phi) is 6.05. The first-order valence-corrected chi connectivity index (χ1v) is 9.97. The lowest BCUT2D eigenvalue weighted by Crippen LogP contribution is -2.44. The Balaban J connectivity index is 1.83. The minimum absolute atomic E-state index is 0.0237. The van der Waals surface area contributed by atoms with Gasteiger partial charge in [-0.1, -0.05) is 25.7 Å². The molecule has 2 rings (SSSR count). The van der Waals surface area contributed by atoms with Crippen LogP contribution < -0.4 is 5.14 Å². The minimum Gasteiger partial charge on any atom is -0.340 e. The van der Waals surface area contributed by atoms with Crippen molar-refractivity contribution in [2.75, 3.05) is 12.3 Å². The number of sulfonamides is 1. The number of carbonyl (C=O) groups is 1. The summed E-state index contributed by atoms with van der Waals surface area (Å²) in [4.78, 5) is 14.4. The molecular weight excluding hydrogens is 288 g/mol. The second-order valence-corrected chi connectivity index (χ2v) is 8.32. The molecule has 1 saturated carbocycles. The van der Waals surface area contributed by atoms with Gasteiger partial charge in [0, 0.05) is 19.0 Å². The molecular formula is C15H28N2O3S. The van der Waals surface area contributed by atoms with E-state index in [1.54, 1.807) is 0 Å². The van der Waals surface area contributed by atoms with Crippen LogP contribution in [0.5, 0.6) is 0 Å². The monoisotopic (exact) mass is 316 g/mol.